The second-order valence-corrected chi connectivity index (χ2v) is 4.67. The van der Waals surface area contributed by atoms with Crippen LogP contribution in [-0.4, -0.2) is 20.5 Å². The summed E-state index contributed by atoms with van der Waals surface area (Å²) in [6.45, 7) is 1.87. The summed E-state index contributed by atoms with van der Waals surface area (Å²) in [6, 6.07) is 7.57. The predicted octanol–water partition coefficient (Wildman–Crippen LogP) is 2.56. The van der Waals surface area contributed by atoms with E-state index in [2.05, 4.69) is 10.2 Å². The van der Waals surface area contributed by atoms with E-state index in [-0.39, 0.29) is 5.78 Å². The Morgan fingerprint density at radius 1 is 1.35 bits per heavy atom. The maximum absolute atomic E-state index is 11.5. The van der Waals surface area contributed by atoms with E-state index in [9.17, 15) is 4.79 Å². The molecule has 0 N–H and O–H groups in total. The Bertz CT molecular complexity index is 519. The monoisotopic (exact) mass is 247 g/mol. The lowest BCUT2D eigenvalue weighted by atomic mass is 10.1. The van der Waals surface area contributed by atoms with Gasteiger partial charge in [0.1, 0.15) is 6.33 Å². The second-order valence-electron chi connectivity index (χ2n) is 3.63. The Hall–Kier alpha value is -1.62. The Morgan fingerprint density at radius 3 is 2.59 bits per heavy atom. The third kappa shape index (κ3) is 2.74. The summed E-state index contributed by atoms with van der Waals surface area (Å²) in [5.74, 6) is 0.167. The number of hydrogen-bond acceptors (Lipinski definition) is 4. The molecule has 0 aliphatic rings. The van der Waals surface area contributed by atoms with Crippen LogP contribution in [0.15, 0.2) is 40.6 Å². The molecule has 5 heteroatoms. The predicted molar refractivity (Wildman–Crippen MR) is 66.2 cm³/mol. The maximum Gasteiger partial charge on any atom is 0.195 e. The zero-order valence-electron chi connectivity index (χ0n) is 9.75. The van der Waals surface area contributed by atoms with Crippen molar-refractivity contribution in [1.29, 1.82) is 0 Å². The zero-order valence-corrected chi connectivity index (χ0v) is 10.6. The molecule has 0 aliphatic carbocycles. The van der Waals surface area contributed by atoms with Gasteiger partial charge in [-0.25, -0.2) is 0 Å². The van der Waals surface area contributed by atoms with Crippen molar-refractivity contribution in [2.24, 2.45) is 7.05 Å². The van der Waals surface area contributed by atoms with Gasteiger partial charge in [0.25, 0.3) is 0 Å². The average molecular weight is 247 g/mol. The highest BCUT2D eigenvalue weighted by atomic mass is 32.2. The molecule has 0 bridgehead atoms. The molecular weight excluding hydrogens is 234 g/mol. The van der Waals surface area contributed by atoms with Gasteiger partial charge >= 0.3 is 0 Å². The Labute approximate surface area is 104 Å². The number of benzene rings is 1. The van der Waals surface area contributed by atoms with Crippen molar-refractivity contribution >= 4 is 17.5 Å². The largest absolute Gasteiger partial charge is 0.311 e. The van der Waals surface area contributed by atoms with Gasteiger partial charge in [0.2, 0.25) is 0 Å². The minimum atomic E-state index is 0.167. The average Bonchev–Trinajstić information content (AvgIpc) is 2.75. The lowest BCUT2D eigenvalue weighted by molar-refractivity contribution is 0.0988. The molecule has 17 heavy (non-hydrogen) atoms. The molecule has 0 amide bonds. The van der Waals surface area contributed by atoms with E-state index in [0.29, 0.717) is 6.42 Å². The molecule has 2 aromatic rings. The summed E-state index contributed by atoms with van der Waals surface area (Å²) in [5, 5.41) is 8.64. The molecule has 0 saturated carbocycles. The van der Waals surface area contributed by atoms with Crippen molar-refractivity contribution in [3.63, 3.8) is 0 Å². The van der Waals surface area contributed by atoms with Crippen molar-refractivity contribution in [3.05, 3.63) is 36.2 Å². The molecule has 0 spiro atoms. The molecule has 0 aliphatic heterocycles. The lowest BCUT2D eigenvalue weighted by Gasteiger charge is -2.02. The maximum atomic E-state index is 11.5. The molecule has 1 aromatic heterocycles. The van der Waals surface area contributed by atoms with Crippen LogP contribution >= 0.6 is 11.8 Å². The summed E-state index contributed by atoms with van der Waals surface area (Å²) in [6.07, 6.45) is 2.20. The molecule has 2 rings (SSSR count). The first kappa shape index (κ1) is 11.9. The summed E-state index contributed by atoms with van der Waals surface area (Å²) in [7, 11) is 1.90. The van der Waals surface area contributed by atoms with Gasteiger partial charge in [-0.15, -0.1) is 10.2 Å². The Morgan fingerprint density at radius 2 is 2.06 bits per heavy atom. The van der Waals surface area contributed by atoms with Crippen molar-refractivity contribution in [3.8, 4) is 0 Å². The summed E-state index contributed by atoms with van der Waals surface area (Å²) in [4.78, 5) is 12.5. The van der Waals surface area contributed by atoms with Gasteiger partial charge in [0.05, 0.1) is 0 Å². The molecule has 1 heterocycles. The highest BCUT2D eigenvalue weighted by molar-refractivity contribution is 7.99. The standard InChI is InChI=1S/C12H13N3OS/c1-3-11(16)9-4-6-10(7-5-9)17-12-14-13-8-15(12)2/h4-8H,3H2,1-2H3. The quantitative estimate of drug-likeness (QED) is 0.779. The molecule has 4 nitrogen and oxygen atoms in total. The van der Waals surface area contributed by atoms with Crippen molar-refractivity contribution in [1.82, 2.24) is 14.8 Å². The Balaban J connectivity index is 2.14. The highest BCUT2D eigenvalue weighted by Gasteiger charge is 2.05. The third-order valence-electron chi connectivity index (χ3n) is 2.38. The number of nitrogens with zero attached hydrogens (tertiary/aromatic N) is 3. The van der Waals surface area contributed by atoms with Crippen LogP contribution in [-0.2, 0) is 7.05 Å². The minimum Gasteiger partial charge on any atom is -0.311 e. The molecule has 0 fully saturated rings. The fourth-order valence-electron chi connectivity index (χ4n) is 1.38. The van der Waals surface area contributed by atoms with Gasteiger partial charge in [-0.2, -0.15) is 0 Å². The van der Waals surface area contributed by atoms with Crippen LogP contribution in [0.2, 0.25) is 0 Å². The number of aryl methyl sites for hydroxylation is 1. The third-order valence-corrected chi connectivity index (χ3v) is 3.44. The first-order valence-electron chi connectivity index (χ1n) is 5.36. The number of carbonyl (C=O) groups excluding carboxylic acids is 1. The highest BCUT2D eigenvalue weighted by Crippen LogP contribution is 2.25. The zero-order chi connectivity index (χ0) is 12.3. The van der Waals surface area contributed by atoms with Crippen LogP contribution in [0.3, 0.4) is 0 Å². The van der Waals surface area contributed by atoms with Gasteiger partial charge in [-0.05, 0) is 23.9 Å². The molecule has 0 atom stereocenters. The molecular formula is C12H13N3OS. The van der Waals surface area contributed by atoms with Gasteiger partial charge < -0.3 is 4.57 Å². The van der Waals surface area contributed by atoms with Crippen LogP contribution in [0.1, 0.15) is 23.7 Å². The Kier molecular flexibility index (Phi) is 3.58. The normalized spacial score (nSPS) is 10.5. The fourth-order valence-corrected chi connectivity index (χ4v) is 2.15. The number of carbonyl (C=O) groups is 1. The molecule has 1 aromatic carbocycles. The van der Waals surface area contributed by atoms with Crippen LogP contribution in [0.4, 0.5) is 0 Å². The van der Waals surface area contributed by atoms with Crippen molar-refractivity contribution in [2.45, 2.75) is 23.4 Å². The second kappa shape index (κ2) is 5.14. The van der Waals surface area contributed by atoms with Gasteiger partial charge in [0, 0.05) is 23.9 Å². The van der Waals surface area contributed by atoms with Gasteiger partial charge in [-0.3, -0.25) is 4.79 Å². The van der Waals surface area contributed by atoms with E-state index < -0.39 is 0 Å². The summed E-state index contributed by atoms with van der Waals surface area (Å²) in [5.41, 5.74) is 0.759. The van der Waals surface area contributed by atoms with E-state index in [0.717, 1.165) is 15.6 Å². The topological polar surface area (TPSA) is 47.8 Å². The number of rotatable bonds is 4. The van der Waals surface area contributed by atoms with E-state index in [4.69, 9.17) is 0 Å². The van der Waals surface area contributed by atoms with Crippen LogP contribution in [0, 0.1) is 0 Å². The van der Waals surface area contributed by atoms with E-state index in [1.54, 1.807) is 6.33 Å². The fraction of sp³-hybridized carbons (Fsp3) is 0.250. The SMILES string of the molecule is CCC(=O)c1ccc(Sc2nncn2C)cc1. The van der Waals surface area contributed by atoms with Crippen molar-refractivity contribution in [2.75, 3.05) is 0 Å². The number of Topliss-reactive ketones (excluding diaryl/α,β-unsaturated/α-hetero) is 1. The smallest absolute Gasteiger partial charge is 0.195 e. The molecule has 0 saturated heterocycles. The molecule has 0 radical (unpaired) electrons. The van der Waals surface area contributed by atoms with Gasteiger partial charge in [-0.1, -0.05) is 19.1 Å². The first-order chi connectivity index (χ1) is 8.20. The first-order valence-corrected chi connectivity index (χ1v) is 6.17. The van der Waals surface area contributed by atoms with Gasteiger partial charge in [0.15, 0.2) is 10.9 Å². The summed E-state index contributed by atoms with van der Waals surface area (Å²) < 4.78 is 1.86. The van der Waals surface area contributed by atoms with E-state index in [1.807, 2.05) is 42.8 Å². The minimum absolute atomic E-state index is 0.167. The lowest BCUT2D eigenvalue weighted by Crippen LogP contribution is -1.95. The van der Waals surface area contributed by atoms with E-state index in [1.165, 1.54) is 11.8 Å². The summed E-state index contributed by atoms with van der Waals surface area (Å²) >= 11 is 1.53. The number of ketones is 1. The van der Waals surface area contributed by atoms with Crippen LogP contribution in [0.5, 0.6) is 0 Å². The van der Waals surface area contributed by atoms with Crippen LogP contribution in [0.25, 0.3) is 0 Å². The number of hydrogen-bond donors (Lipinski definition) is 0. The van der Waals surface area contributed by atoms with E-state index >= 15 is 0 Å². The van der Waals surface area contributed by atoms with Crippen molar-refractivity contribution < 1.29 is 4.79 Å². The van der Waals surface area contributed by atoms with Crippen LogP contribution < -0.4 is 0 Å². The molecule has 0 unspecified atom stereocenters. The number of aromatic nitrogens is 3. The molecule has 88 valence electrons.